The summed E-state index contributed by atoms with van der Waals surface area (Å²) in [5.74, 6) is -1.01. The minimum absolute atomic E-state index is 0.149. The molecule has 0 fully saturated rings. The van der Waals surface area contributed by atoms with Crippen LogP contribution in [0.25, 0.3) is 0 Å². The van der Waals surface area contributed by atoms with Crippen molar-refractivity contribution in [3.63, 3.8) is 0 Å². The van der Waals surface area contributed by atoms with Gasteiger partial charge in [0, 0.05) is 11.4 Å². The van der Waals surface area contributed by atoms with Crippen molar-refractivity contribution in [1.29, 1.82) is 5.26 Å². The zero-order chi connectivity index (χ0) is 15.0. The van der Waals surface area contributed by atoms with Gasteiger partial charge in [0.25, 0.3) is 0 Å². The first-order chi connectivity index (χ1) is 10.1. The Morgan fingerprint density at radius 2 is 2.29 bits per heavy atom. The smallest absolute Gasteiger partial charge is 0.335 e. The maximum atomic E-state index is 11.0. The van der Waals surface area contributed by atoms with Crippen molar-refractivity contribution in [1.82, 2.24) is 0 Å². The van der Waals surface area contributed by atoms with Crippen LogP contribution in [0.5, 0.6) is 0 Å². The number of anilines is 1. The Hall–Kier alpha value is -2.32. The number of fused-ring (bicyclic) bond motifs is 1. The number of thiophene rings is 1. The predicted octanol–water partition coefficient (Wildman–Crippen LogP) is 3.44. The molecule has 0 radical (unpaired) electrons. The zero-order valence-corrected chi connectivity index (χ0v) is 12.4. The van der Waals surface area contributed by atoms with E-state index in [1.165, 1.54) is 16.5 Å². The third kappa shape index (κ3) is 2.28. The lowest BCUT2D eigenvalue weighted by molar-refractivity contribution is 0.0697. The summed E-state index contributed by atoms with van der Waals surface area (Å²) in [7, 11) is 0. The first-order valence-corrected chi connectivity index (χ1v) is 7.60. The van der Waals surface area contributed by atoms with Gasteiger partial charge < -0.3 is 10.0 Å². The summed E-state index contributed by atoms with van der Waals surface area (Å²) in [5, 5.41) is 20.5. The molecule has 2 aromatic rings. The quantitative estimate of drug-likeness (QED) is 0.922. The van der Waals surface area contributed by atoms with Gasteiger partial charge in [-0.25, -0.2) is 4.79 Å². The number of hydrogen-bond donors (Lipinski definition) is 1. The molecule has 0 saturated carbocycles. The molecule has 1 atom stereocenters. The van der Waals surface area contributed by atoms with Crippen LogP contribution in [0.4, 0.5) is 5.69 Å². The van der Waals surface area contributed by atoms with Crippen LogP contribution in [-0.4, -0.2) is 17.6 Å². The summed E-state index contributed by atoms with van der Waals surface area (Å²) >= 11 is 1.77. The number of rotatable bonds is 2. The van der Waals surface area contributed by atoms with Crippen LogP contribution in [0.3, 0.4) is 0 Å². The normalized spacial score (nSPS) is 17.1. The van der Waals surface area contributed by atoms with E-state index in [0.29, 0.717) is 5.56 Å². The number of carboxylic acids is 1. The van der Waals surface area contributed by atoms with Crippen LogP contribution in [0.1, 0.15) is 39.3 Å². The number of carbonyl (C=O) groups is 1. The molecular weight excluding hydrogens is 284 g/mol. The number of carboxylic acid groups (broad SMARTS) is 1. The van der Waals surface area contributed by atoms with Crippen LogP contribution < -0.4 is 4.90 Å². The molecule has 0 amide bonds. The highest BCUT2D eigenvalue weighted by molar-refractivity contribution is 7.10. The molecule has 2 heterocycles. The van der Waals surface area contributed by atoms with Crippen molar-refractivity contribution in [2.45, 2.75) is 19.4 Å². The molecule has 1 aromatic carbocycles. The van der Waals surface area contributed by atoms with Gasteiger partial charge >= 0.3 is 5.97 Å². The van der Waals surface area contributed by atoms with E-state index in [1.807, 2.05) is 0 Å². The SMILES string of the molecule is CC1c2ccsc2CCN1c1ccc(C(=O)O)cc1C#N. The molecule has 1 aliphatic heterocycles. The van der Waals surface area contributed by atoms with E-state index in [4.69, 9.17) is 5.11 Å². The van der Waals surface area contributed by atoms with Gasteiger partial charge in [-0.1, -0.05) is 0 Å². The average Bonchev–Trinajstić information content (AvgIpc) is 2.96. The molecule has 5 heteroatoms. The Kier molecular flexibility index (Phi) is 3.40. The highest BCUT2D eigenvalue weighted by atomic mass is 32.1. The molecule has 106 valence electrons. The highest BCUT2D eigenvalue weighted by Gasteiger charge is 2.26. The molecule has 1 aliphatic rings. The van der Waals surface area contributed by atoms with Crippen molar-refractivity contribution >= 4 is 23.0 Å². The second kappa shape index (κ2) is 5.23. The van der Waals surface area contributed by atoms with Crippen molar-refractivity contribution in [3.8, 4) is 6.07 Å². The number of nitrogens with zero attached hydrogens (tertiary/aromatic N) is 2. The molecule has 4 nitrogen and oxygen atoms in total. The van der Waals surface area contributed by atoms with E-state index in [1.54, 1.807) is 23.5 Å². The number of aromatic carboxylic acids is 1. The number of nitriles is 1. The van der Waals surface area contributed by atoms with E-state index in [9.17, 15) is 10.1 Å². The predicted molar refractivity (Wildman–Crippen MR) is 81.9 cm³/mol. The van der Waals surface area contributed by atoms with Crippen molar-refractivity contribution in [3.05, 3.63) is 51.2 Å². The maximum Gasteiger partial charge on any atom is 0.335 e. The molecule has 21 heavy (non-hydrogen) atoms. The third-order valence-corrected chi connectivity index (χ3v) is 4.95. The molecule has 0 bridgehead atoms. The molecule has 1 aromatic heterocycles. The van der Waals surface area contributed by atoms with E-state index >= 15 is 0 Å². The first kappa shape index (κ1) is 13.7. The fraction of sp³-hybridized carbons (Fsp3) is 0.250. The standard InChI is InChI=1S/C16H14N2O2S/c1-10-13-5-7-21-15(13)4-6-18(10)14-3-2-11(16(19)20)8-12(14)9-17/h2-3,5,7-8,10H,4,6H2,1H3,(H,19,20). The molecule has 0 aliphatic carbocycles. The van der Waals surface area contributed by atoms with E-state index in [-0.39, 0.29) is 11.6 Å². The molecule has 0 saturated heterocycles. The zero-order valence-electron chi connectivity index (χ0n) is 11.5. The van der Waals surface area contributed by atoms with E-state index < -0.39 is 5.97 Å². The lowest BCUT2D eigenvalue weighted by Gasteiger charge is -2.36. The van der Waals surface area contributed by atoms with Gasteiger partial charge in [-0.2, -0.15) is 5.26 Å². The summed E-state index contributed by atoms with van der Waals surface area (Å²) in [6.07, 6.45) is 0.961. The van der Waals surface area contributed by atoms with Gasteiger partial charge in [-0.15, -0.1) is 11.3 Å². The van der Waals surface area contributed by atoms with E-state index in [2.05, 4.69) is 29.3 Å². The van der Waals surface area contributed by atoms with Gasteiger partial charge in [0.2, 0.25) is 0 Å². The van der Waals surface area contributed by atoms with Gasteiger partial charge in [0.05, 0.1) is 22.9 Å². The maximum absolute atomic E-state index is 11.0. The second-order valence-electron chi connectivity index (χ2n) is 5.07. The highest BCUT2D eigenvalue weighted by Crippen LogP contribution is 2.37. The van der Waals surface area contributed by atoms with Gasteiger partial charge in [0.15, 0.2) is 0 Å². The van der Waals surface area contributed by atoms with Crippen molar-refractivity contribution in [2.75, 3.05) is 11.4 Å². The summed E-state index contributed by atoms with van der Waals surface area (Å²) < 4.78 is 0. The largest absolute Gasteiger partial charge is 0.478 e. The Balaban J connectivity index is 2.02. The van der Waals surface area contributed by atoms with Crippen LogP contribution in [0.2, 0.25) is 0 Å². The lowest BCUT2D eigenvalue weighted by Crippen LogP contribution is -2.33. The van der Waals surface area contributed by atoms with Crippen molar-refractivity contribution in [2.24, 2.45) is 0 Å². The monoisotopic (exact) mass is 298 g/mol. The Labute approximate surface area is 126 Å². The minimum atomic E-state index is -1.01. The summed E-state index contributed by atoms with van der Waals surface area (Å²) in [6, 6.07) is 9.22. The van der Waals surface area contributed by atoms with Crippen LogP contribution in [0.15, 0.2) is 29.6 Å². The average molecular weight is 298 g/mol. The molecular formula is C16H14N2O2S. The fourth-order valence-electron chi connectivity index (χ4n) is 2.85. The van der Waals surface area contributed by atoms with Gasteiger partial charge in [-0.3, -0.25) is 0 Å². The third-order valence-electron chi connectivity index (χ3n) is 3.95. The van der Waals surface area contributed by atoms with Crippen LogP contribution in [0, 0.1) is 11.3 Å². The lowest BCUT2D eigenvalue weighted by atomic mass is 9.99. The fourth-order valence-corrected chi connectivity index (χ4v) is 3.81. The van der Waals surface area contributed by atoms with E-state index in [0.717, 1.165) is 18.7 Å². The molecule has 1 unspecified atom stereocenters. The second-order valence-corrected chi connectivity index (χ2v) is 6.07. The van der Waals surface area contributed by atoms with Crippen LogP contribution >= 0.6 is 11.3 Å². The topological polar surface area (TPSA) is 64.3 Å². The Morgan fingerprint density at radius 1 is 1.48 bits per heavy atom. The Bertz CT molecular complexity index is 745. The van der Waals surface area contributed by atoms with Gasteiger partial charge in [0.1, 0.15) is 6.07 Å². The van der Waals surface area contributed by atoms with Crippen molar-refractivity contribution < 1.29 is 9.90 Å². The number of benzene rings is 1. The van der Waals surface area contributed by atoms with Crippen LogP contribution in [-0.2, 0) is 6.42 Å². The summed E-state index contributed by atoms with van der Waals surface area (Å²) in [4.78, 5) is 14.6. The summed E-state index contributed by atoms with van der Waals surface area (Å²) in [6.45, 7) is 2.97. The molecule has 0 spiro atoms. The minimum Gasteiger partial charge on any atom is -0.478 e. The summed E-state index contributed by atoms with van der Waals surface area (Å²) in [5.41, 5.74) is 2.68. The number of hydrogen-bond acceptors (Lipinski definition) is 4. The van der Waals surface area contributed by atoms with Gasteiger partial charge in [-0.05, 0) is 48.6 Å². The molecule has 1 N–H and O–H groups in total. The molecule has 3 rings (SSSR count). The first-order valence-electron chi connectivity index (χ1n) is 6.72. The Morgan fingerprint density at radius 3 is 3.00 bits per heavy atom.